The van der Waals surface area contributed by atoms with E-state index in [4.69, 9.17) is 0 Å². The lowest BCUT2D eigenvalue weighted by Gasteiger charge is -2.50. The maximum absolute atomic E-state index is 12.8. The largest absolute Gasteiger partial charge is 0.340 e. The quantitative estimate of drug-likeness (QED) is 0.850. The molecule has 1 atom stereocenters. The van der Waals surface area contributed by atoms with Crippen molar-refractivity contribution in [2.24, 2.45) is 5.92 Å². The van der Waals surface area contributed by atoms with Gasteiger partial charge in [-0.25, -0.2) is 0 Å². The number of carbonyl (C=O) groups is 2. The van der Waals surface area contributed by atoms with Gasteiger partial charge in [0.2, 0.25) is 11.8 Å². The summed E-state index contributed by atoms with van der Waals surface area (Å²) in [4.78, 5) is 27.4. The van der Waals surface area contributed by atoms with Gasteiger partial charge in [0.25, 0.3) is 0 Å². The van der Waals surface area contributed by atoms with Crippen LogP contribution in [0.5, 0.6) is 0 Å². The third-order valence-corrected chi connectivity index (χ3v) is 4.73. The summed E-state index contributed by atoms with van der Waals surface area (Å²) in [6.07, 6.45) is 4.35. The van der Waals surface area contributed by atoms with E-state index in [-0.39, 0.29) is 11.8 Å². The maximum Gasteiger partial charge on any atom is 0.248 e. The van der Waals surface area contributed by atoms with Crippen LogP contribution in [0.25, 0.3) is 0 Å². The van der Waals surface area contributed by atoms with Gasteiger partial charge in [-0.2, -0.15) is 0 Å². The Balaban J connectivity index is 2.38. The van der Waals surface area contributed by atoms with Crippen molar-refractivity contribution in [1.29, 1.82) is 0 Å². The molecule has 19 heavy (non-hydrogen) atoms. The molecule has 108 valence electrons. The minimum absolute atomic E-state index is 0.0644. The standard InChI is InChI=1S/C15H26N2O2/c1-5-14(4)13(19)17(10-11(2)3)15(12(18)16-14)8-6-7-9-15/h11H,5-10H2,1-4H3,(H,16,18). The van der Waals surface area contributed by atoms with E-state index in [0.29, 0.717) is 18.9 Å². The minimum Gasteiger partial charge on any atom is -0.340 e. The molecule has 4 nitrogen and oxygen atoms in total. The molecule has 1 unspecified atom stereocenters. The zero-order valence-electron chi connectivity index (χ0n) is 12.6. The van der Waals surface area contributed by atoms with Crippen LogP contribution in [-0.2, 0) is 9.59 Å². The Bertz CT molecular complexity index is 386. The first kappa shape index (κ1) is 14.4. The number of hydrogen-bond acceptors (Lipinski definition) is 2. The van der Waals surface area contributed by atoms with E-state index >= 15 is 0 Å². The van der Waals surface area contributed by atoms with E-state index < -0.39 is 11.1 Å². The molecule has 1 N–H and O–H groups in total. The average Bonchev–Trinajstić information content (AvgIpc) is 2.83. The molecule has 2 amide bonds. The highest BCUT2D eigenvalue weighted by atomic mass is 16.2. The van der Waals surface area contributed by atoms with Crippen molar-refractivity contribution in [3.05, 3.63) is 0 Å². The van der Waals surface area contributed by atoms with Gasteiger partial charge in [-0.3, -0.25) is 9.59 Å². The summed E-state index contributed by atoms with van der Waals surface area (Å²) in [5.41, 5.74) is -1.28. The lowest BCUT2D eigenvalue weighted by atomic mass is 9.83. The summed E-state index contributed by atoms with van der Waals surface area (Å²) in [6, 6.07) is 0. The summed E-state index contributed by atoms with van der Waals surface area (Å²) < 4.78 is 0. The number of amides is 2. The fraction of sp³-hybridized carbons (Fsp3) is 0.867. The Morgan fingerprint density at radius 1 is 1.26 bits per heavy atom. The van der Waals surface area contributed by atoms with Crippen LogP contribution in [0.4, 0.5) is 0 Å². The molecule has 0 radical (unpaired) electrons. The van der Waals surface area contributed by atoms with Crippen molar-refractivity contribution in [3.8, 4) is 0 Å². The lowest BCUT2D eigenvalue weighted by molar-refractivity contribution is -0.163. The van der Waals surface area contributed by atoms with Crippen LogP contribution in [0, 0.1) is 5.92 Å². The van der Waals surface area contributed by atoms with Crippen LogP contribution in [0.1, 0.15) is 59.8 Å². The highest BCUT2D eigenvalue weighted by Crippen LogP contribution is 2.40. The van der Waals surface area contributed by atoms with Gasteiger partial charge in [-0.05, 0) is 32.1 Å². The first-order valence-electron chi connectivity index (χ1n) is 7.50. The fourth-order valence-electron chi connectivity index (χ4n) is 3.35. The summed E-state index contributed by atoms with van der Waals surface area (Å²) >= 11 is 0. The Labute approximate surface area is 115 Å². The number of hydrogen-bond donors (Lipinski definition) is 1. The van der Waals surface area contributed by atoms with E-state index in [1.165, 1.54) is 0 Å². The van der Waals surface area contributed by atoms with Gasteiger partial charge in [0.05, 0.1) is 0 Å². The smallest absolute Gasteiger partial charge is 0.248 e. The molecule has 0 bridgehead atoms. The van der Waals surface area contributed by atoms with Crippen molar-refractivity contribution in [2.45, 2.75) is 70.9 Å². The molecule has 0 aromatic rings. The van der Waals surface area contributed by atoms with E-state index in [9.17, 15) is 9.59 Å². The molecule has 2 rings (SSSR count). The normalized spacial score (nSPS) is 30.3. The van der Waals surface area contributed by atoms with Gasteiger partial charge in [0, 0.05) is 6.54 Å². The number of piperazine rings is 1. The molecule has 1 saturated heterocycles. The van der Waals surface area contributed by atoms with Gasteiger partial charge in [0.15, 0.2) is 0 Å². The third-order valence-electron chi connectivity index (χ3n) is 4.73. The number of rotatable bonds is 3. The maximum atomic E-state index is 12.8. The van der Waals surface area contributed by atoms with Crippen LogP contribution >= 0.6 is 0 Å². The SMILES string of the molecule is CCC1(C)NC(=O)C2(CCCC2)N(CC(C)C)C1=O. The van der Waals surface area contributed by atoms with Gasteiger partial charge < -0.3 is 10.2 Å². The second-order valence-electron chi connectivity index (χ2n) is 6.69. The average molecular weight is 266 g/mol. The predicted molar refractivity (Wildman–Crippen MR) is 74.6 cm³/mol. The molecule has 1 spiro atoms. The van der Waals surface area contributed by atoms with E-state index in [1.807, 2.05) is 18.7 Å². The molecule has 1 aliphatic heterocycles. The first-order chi connectivity index (χ1) is 8.85. The second kappa shape index (κ2) is 4.80. The van der Waals surface area contributed by atoms with Gasteiger partial charge in [-0.15, -0.1) is 0 Å². The summed E-state index contributed by atoms with van der Waals surface area (Å²) in [7, 11) is 0. The number of nitrogens with one attached hydrogen (secondary N) is 1. The molecule has 1 saturated carbocycles. The van der Waals surface area contributed by atoms with Crippen molar-refractivity contribution in [2.75, 3.05) is 6.54 Å². The van der Waals surface area contributed by atoms with Crippen molar-refractivity contribution in [3.63, 3.8) is 0 Å². The van der Waals surface area contributed by atoms with Crippen molar-refractivity contribution >= 4 is 11.8 Å². The van der Waals surface area contributed by atoms with Crippen molar-refractivity contribution < 1.29 is 9.59 Å². The molecule has 0 aromatic carbocycles. The Morgan fingerprint density at radius 2 is 1.84 bits per heavy atom. The highest BCUT2D eigenvalue weighted by molar-refractivity contribution is 6.02. The van der Waals surface area contributed by atoms with Crippen LogP contribution < -0.4 is 5.32 Å². The van der Waals surface area contributed by atoms with Crippen LogP contribution in [-0.4, -0.2) is 34.3 Å². The summed E-state index contributed by atoms with van der Waals surface area (Å²) in [5.74, 6) is 0.549. The topological polar surface area (TPSA) is 49.4 Å². The Kier molecular flexibility index (Phi) is 3.63. The lowest BCUT2D eigenvalue weighted by Crippen LogP contribution is -2.74. The van der Waals surface area contributed by atoms with E-state index in [1.54, 1.807) is 0 Å². The second-order valence-corrected chi connectivity index (χ2v) is 6.69. The molecule has 1 heterocycles. The molecule has 0 aromatic heterocycles. The monoisotopic (exact) mass is 266 g/mol. The molecule has 2 fully saturated rings. The zero-order valence-corrected chi connectivity index (χ0v) is 12.6. The molecule has 1 aliphatic carbocycles. The number of nitrogens with zero attached hydrogens (tertiary/aromatic N) is 1. The van der Waals surface area contributed by atoms with Crippen LogP contribution in [0.15, 0.2) is 0 Å². The molecular weight excluding hydrogens is 240 g/mol. The summed E-state index contributed by atoms with van der Waals surface area (Å²) in [5, 5.41) is 3.00. The van der Waals surface area contributed by atoms with Gasteiger partial charge in [0.1, 0.15) is 11.1 Å². The zero-order chi connectivity index (χ0) is 14.3. The summed E-state index contributed by atoms with van der Waals surface area (Å²) in [6.45, 7) is 8.69. The third kappa shape index (κ3) is 2.15. The first-order valence-corrected chi connectivity index (χ1v) is 7.50. The highest BCUT2D eigenvalue weighted by Gasteiger charge is 2.56. The molecular formula is C15H26N2O2. The van der Waals surface area contributed by atoms with Gasteiger partial charge in [-0.1, -0.05) is 33.6 Å². The van der Waals surface area contributed by atoms with Gasteiger partial charge >= 0.3 is 0 Å². The Hall–Kier alpha value is -1.06. The minimum atomic E-state index is -0.722. The molecule has 4 heteroatoms. The van der Waals surface area contributed by atoms with Crippen LogP contribution in [0.2, 0.25) is 0 Å². The fourth-order valence-corrected chi connectivity index (χ4v) is 3.35. The van der Waals surface area contributed by atoms with Crippen LogP contribution in [0.3, 0.4) is 0 Å². The Morgan fingerprint density at radius 3 is 2.32 bits per heavy atom. The predicted octanol–water partition coefficient (Wildman–Crippen LogP) is 2.08. The van der Waals surface area contributed by atoms with Crippen molar-refractivity contribution in [1.82, 2.24) is 10.2 Å². The van der Waals surface area contributed by atoms with E-state index in [0.717, 1.165) is 25.7 Å². The molecule has 2 aliphatic rings. The van der Waals surface area contributed by atoms with E-state index in [2.05, 4.69) is 19.2 Å². The number of carbonyl (C=O) groups excluding carboxylic acids is 2.